The second kappa shape index (κ2) is 8.24. The van der Waals surface area contributed by atoms with Gasteiger partial charge in [0.25, 0.3) is 0 Å². The van der Waals surface area contributed by atoms with Gasteiger partial charge in [-0.1, -0.05) is 0 Å². The highest BCUT2D eigenvalue weighted by Gasteiger charge is 2.13. The minimum absolute atomic E-state index is 0.457. The minimum Gasteiger partial charge on any atom is -0.493 e. The first-order valence-electron chi connectivity index (χ1n) is 6.94. The fourth-order valence-electron chi connectivity index (χ4n) is 2.05. The molecule has 0 saturated heterocycles. The SMILES string of the molecule is CCN(CC)C(N)=NCc1cc(OC)c(OC)c(OC)c1. The lowest BCUT2D eigenvalue weighted by Gasteiger charge is -2.19. The van der Waals surface area contributed by atoms with Gasteiger partial charge >= 0.3 is 0 Å². The first kappa shape index (κ1) is 16.9. The van der Waals surface area contributed by atoms with Gasteiger partial charge in [-0.15, -0.1) is 0 Å². The van der Waals surface area contributed by atoms with E-state index in [4.69, 9.17) is 19.9 Å². The molecule has 0 radical (unpaired) electrons. The molecular weight excluding hydrogens is 270 g/mol. The van der Waals surface area contributed by atoms with Crippen LogP contribution >= 0.6 is 0 Å². The number of aliphatic imine (C=N–C) groups is 1. The number of rotatable bonds is 7. The van der Waals surface area contributed by atoms with E-state index in [9.17, 15) is 0 Å². The molecule has 0 fully saturated rings. The molecule has 1 rings (SSSR count). The Balaban J connectivity index is 3.01. The molecule has 0 atom stereocenters. The Morgan fingerprint density at radius 1 is 1.05 bits per heavy atom. The molecule has 0 aliphatic rings. The molecular formula is C15H25N3O3. The normalized spacial score (nSPS) is 11.2. The average Bonchev–Trinajstić information content (AvgIpc) is 2.52. The largest absolute Gasteiger partial charge is 0.493 e. The Hall–Kier alpha value is -2.11. The van der Waals surface area contributed by atoms with Gasteiger partial charge in [-0.05, 0) is 31.5 Å². The summed E-state index contributed by atoms with van der Waals surface area (Å²) in [6, 6.07) is 3.75. The van der Waals surface area contributed by atoms with Crippen molar-refractivity contribution in [3.8, 4) is 17.2 Å². The molecule has 2 N–H and O–H groups in total. The predicted molar refractivity (Wildman–Crippen MR) is 84.3 cm³/mol. The van der Waals surface area contributed by atoms with Crippen LogP contribution in [0.3, 0.4) is 0 Å². The zero-order valence-corrected chi connectivity index (χ0v) is 13.5. The molecule has 0 aromatic heterocycles. The first-order chi connectivity index (χ1) is 10.1. The van der Waals surface area contributed by atoms with Gasteiger partial charge < -0.3 is 24.8 Å². The summed E-state index contributed by atoms with van der Waals surface area (Å²) in [6.45, 7) is 6.22. The lowest BCUT2D eigenvalue weighted by molar-refractivity contribution is 0.324. The lowest BCUT2D eigenvalue weighted by Crippen LogP contribution is -2.37. The van der Waals surface area contributed by atoms with Crippen LogP contribution in [0.2, 0.25) is 0 Å². The molecule has 0 bridgehead atoms. The van der Waals surface area contributed by atoms with E-state index in [1.54, 1.807) is 21.3 Å². The number of guanidine groups is 1. The number of benzene rings is 1. The van der Waals surface area contributed by atoms with Gasteiger partial charge in [0.15, 0.2) is 17.5 Å². The predicted octanol–water partition coefficient (Wildman–Crippen LogP) is 1.87. The number of nitrogens with two attached hydrogens (primary N) is 1. The average molecular weight is 295 g/mol. The highest BCUT2D eigenvalue weighted by molar-refractivity contribution is 5.78. The van der Waals surface area contributed by atoms with E-state index in [0.717, 1.165) is 18.7 Å². The summed E-state index contributed by atoms with van der Waals surface area (Å²) in [7, 11) is 4.76. The van der Waals surface area contributed by atoms with Crippen molar-refractivity contribution in [1.82, 2.24) is 4.90 Å². The minimum atomic E-state index is 0.457. The van der Waals surface area contributed by atoms with Gasteiger partial charge in [-0.2, -0.15) is 0 Å². The van der Waals surface area contributed by atoms with Crippen LogP contribution in [-0.2, 0) is 6.54 Å². The third-order valence-electron chi connectivity index (χ3n) is 3.24. The summed E-state index contributed by atoms with van der Waals surface area (Å²) in [4.78, 5) is 6.41. The summed E-state index contributed by atoms with van der Waals surface area (Å²) in [5.41, 5.74) is 6.92. The monoisotopic (exact) mass is 295 g/mol. The second-order valence-corrected chi connectivity index (χ2v) is 4.38. The third kappa shape index (κ3) is 4.18. The van der Waals surface area contributed by atoms with Crippen molar-refractivity contribution in [2.75, 3.05) is 34.4 Å². The van der Waals surface area contributed by atoms with Crippen LogP contribution in [0, 0.1) is 0 Å². The van der Waals surface area contributed by atoms with Crippen molar-refractivity contribution < 1.29 is 14.2 Å². The van der Waals surface area contributed by atoms with E-state index in [0.29, 0.717) is 29.8 Å². The Morgan fingerprint density at radius 2 is 1.57 bits per heavy atom. The summed E-state index contributed by atoms with van der Waals surface area (Å²) in [5.74, 6) is 2.34. The molecule has 0 saturated carbocycles. The Kier molecular flexibility index (Phi) is 6.65. The van der Waals surface area contributed by atoms with Crippen molar-refractivity contribution in [3.63, 3.8) is 0 Å². The van der Waals surface area contributed by atoms with E-state index < -0.39 is 0 Å². The lowest BCUT2D eigenvalue weighted by atomic mass is 10.2. The molecule has 0 aliphatic carbocycles. The zero-order valence-electron chi connectivity index (χ0n) is 13.5. The van der Waals surface area contributed by atoms with Crippen molar-refractivity contribution >= 4 is 5.96 Å². The van der Waals surface area contributed by atoms with Gasteiger partial charge in [0.1, 0.15) is 0 Å². The van der Waals surface area contributed by atoms with Crippen LogP contribution in [0.1, 0.15) is 19.4 Å². The molecule has 0 unspecified atom stereocenters. The van der Waals surface area contributed by atoms with E-state index in [1.807, 2.05) is 30.9 Å². The number of methoxy groups -OCH3 is 3. The van der Waals surface area contributed by atoms with Gasteiger partial charge in [0, 0.05) is 13.1 Å². The van der Waals surface area contributed by atoms with Crippen molar-refractivity contribution in [2.24, 2.45) is 10.7 Å². The van der Waals surface area contributed by atoms with Gasteiger partial charge in [0.2, 0.25) is 5.75 Å². The molecule has 0 amide bonds. The molecule has 0 heterocycles. The van der Waals surface area contributed by atoms with Crippen LogP contribution in [0.5, 0.6) is 17.2 Å². The maximum absolute atomic E-state index is 5.97. The highest BCUT2D eigenvalue weighted by atomic mass is 16.5. The number of hydrogen-bond donors (Lipinski definition) is 1. The quantitative estimate of drug-likeness (QED) is 0.614. The Labute approximate surface area is 126 Å². The van der Waals surface area contributed by atoms with Crippen molar-refractivity contribution in [2.45, 2.75) is 20.4 Å². The van der Waals surface area contributed by atoms with Crippen molar-refractivity contribution in [1.29, 1.82) is 0 Å². The molecule has 21 heavy (non-hydrogen) atoms. The van der Waals surface area contributed by atoms with Gasteiger partial charge in [-0.3, -0.25) is 0 Å². The summed E-state index contributed by atoms with van der Waals surface area (Å²) >= 11 is 0. The molecule has 6 heteroatoms. The molecule has 6 nitrogen and oxygen atoms in total. The number of hydrogen-bond acceptors (Lipinski definition) is 4. The second-order valence-electron chi connectivity index (χ2n) is 4.38. The molecule has 0 spiro atoms. The van der Waals surface area contributed by atoms with E-state index in [1.165, 1.54) is 0 Å². The summed E-state index contributed by atoms with van der Waals surface area (Å²) in [5, 5.41) is 0. The zero-order chi connectivity index (χ0) is 15.8. The number of nitrogens with zero attached hydrogens (tertiary/aromatic N) is 2. The third-order valence-corrected chi connectivity index (χ3v) is 3.24. The summed E-state index contributed by atoms with van der Waals surface area (Å²) < 4.78 is 15.9. The standard InChI is InChI=1S/C15H25N3O3/c1-6-18(7-2)15(16)17-10-11-8-12(19-3)14(21-5)13(9-11)20-4/h8-9H,6-7,10H2,1-5H3,(H2,16,17). The molecule has 118 valence electrons. The first-order valence-corrected chi connectivity index (χ1v) is 6.94. The Morgan fingerprint density at radius 3 is 1.95 bits per heavy atom. The van der Waals surface area contributed by atoms with Crippen LogP contribution < -0.4 is 19.9 Å². The van der Waals surface area contributed by atoms with E-state index >= 15 is 0 Å². The topological polar surface area (TPSA) is 69.3 Å². The van der Waals surface area contributed by atoms with Crippen LogP contribution in [0.25, 0.3) is 0 Å². The smallest absolute Gasteiger partial charge is 0.203 e. The molecule has 0 aliphatic heterocycles. The van der Waals surface area contributed by atoms with Crippen LogP contribution in [0.4, 0.5) is 0 Å². The van der Waals surface area contributed by atoms with E-state index in [2.05, 4.69) is 4.99 Å². The van der Waals surface area contributed by atoms with Crippen LogP contribution in [-0.4, -0.2) is 45.3 Å². The fraction of sp³-hybridized carbons (Fsp3) is 0.533. The maximum atomic E-state index is 5.97. The van der Waals surface area contributed by atoms with Gasteiger partial charge in [0.05, 0.1) is 27.9 Å². The molecule has 1 aromatic carbocycles. The van der Waals surface area contributed by atoms with Crippen molar-refractivity contribution in [3.05, 3.63) is 17.7 Å². The van der Waals surface area contributed by atoms with E-state index in [-0.39, 0.29) is 0 Å². The maximum Gasteiger partial charge on any atom is 0.203 e. The Bertz CT molecular complexity index is 460. The summed E-state index contributed by atoms with van der Waals surface area (Å²) in [6.07, 6.45) is 0. The fourth-order valence-corrected chi connectivity index (χ4v) is 2.05. The highest BCUT2D eigenvalue weighted by Crippen LogP contribution is 2.38. The number of ether oxygens (including phenoxy) is 3. The van der Waals surface area contributed by atoms with Gasteiger partial charge in [-0.25, -0.2) is 4.99 Å². The molecule has 1 aromatic rings. The van der Waals surface area contributed by atoms with Crippen LogP contribution in [0.15, 0.2) is 17.1 Å².